The molecule has 0 bridgehead atoms. The number of tetrazole rings is 1. The van der Waals surface area contributed by atoms with Crippen LogP contribution < -0.4 is 5.32 Å². The third kappa shape index (κ3) is 2.19. The van der Waals surface area contributed by atoms with Gasteiger partial charge in [-0.05, 0) is 28.6 Å². The van der Waals surface area contributed by atoms with Crippen molar-refractivity contribution >= 4 is 17.6 Å². The molecule has 0 aliphatic heterocycles. The van der Waals surface area contributed by atoms with Crippen LogP contribution in [0.3, 0.4) is 0 Å². The first-order chi connectivity index (χ1) is 8.08. The average Bonchev–Trinajstić information content (AvgIpc) is 2.67. The summed E-state index contributed by atoms with van der Waals surface area (Å²) in [6.45, 7) is 0. The van der Waals surface area contributed by atoms with Crippen molar-refractivity contribution in [1.82, 2.24) is 20.2 Å². The maximum absolute atomic E-state index is 13.5. The van der Waals surface area contributed by atoms with Crippen molar-refractivity contribution in [2.45, 2.75) is 0 Å². The first kappa shape index (κ1) is 11.0. The lowest BCUT2D eigenvalue weighted by Crippen LogP contribution is -2.03. The van der Waals surface area contributed by atoms with Gasteiger partial charge in [-0.3, -0.25) is 0 Å². The van der Waals surface area contributed by atoms with Gasteiger partial charge < -0.3 is 10.4 Å². The monoisotopic (exact) mass is 237 g/mol. The molecule has 0 amide bonds. The Hall–Kier alpha value is -2.51. The Labute approximate surface area is 94.9 Å². The molecule has 0 spiro atoms. The molecule has 0 radical (unpaired) electrons. The predicted octanol–water partition coefficient (Wildman–Crippen LogP) is 0.791. The average molecular weight is 237 g/mol. The number of halogens is 1. The minimum atomic E-state index is -1.18. The topological polar surface area (TPSA) is 92.9 Å². The van der Waals surface area contributed by atoms with Gasteiger partial charge in [0, 0.05) is 7.05 Å². The van der Waals surface area contributed by atoms with E-state index >= 15 is 0 Å². The van der Waals surface area contributed by atoms with E-state index in [0.29, 0.717) is 0 Å². The number of anilines is 2. The highest BCUT2D eigenvalue weighted by molar-refractivity contribution is 5.88. The number of aromatic nitrogens is 4. The minimum Gasteiger partial charge on any atom is -0.478 e. The zero-order valence-corrected chi connectivity index (χ0v) is 8.75. The third-order valence-corrected chi connectivity index (χ3v) is 2.08. The van der Waals surface area contributed by atoms with Gasteiger partial charge in [0.15, 0.2) is 0 Å². The fourth-order valence-corrected chi connectivity index (χ4v) is 1.21. The molecule has 0 saturated carbocycles. The lowest BCUT2D eigenvalue weighted by Gasteiger charge is -2.05. The van der Waals surface area contributed by atoms with Crippen LogP contribution in [0.25, 0.3) is 0 Å². The zero-order valence-electron chi connectivity index (χ0n) is 8.75. The van der Waals surface area contributed by atoms with Crippen LogP contribution in [0, 0.1) is 5.82 Å². The van der Waals surface area contributed by atoms with Gasteiger partial charge in [-0.25, -0.2) is 13.9 Å². The number of hydrogen-bond donors (Lipinski definition) is 2. The number of benzene rings is 1. The third-order valence-electron chi connectivity index (χ3n) is 2.08. The Bertz CT molecular complexity index is 568. The number of rotatable bonds is 3. The predicted molar refractivity (Wildman–Crippen MR) is 55.4 cm³/mol. The standard InChI is InChI=1S/C9H8FN5O2/c1-15-9(12-13-14-15)11-7-3-2-5(8(16)17)4-6(7)10/h2-4H,1H3,(H,16,17)(H,11,12,14). The maximum Gasteiger partial charge on any atom is 0.335 e. The summed E-state index contributed by atoms with van der Waals surface area (Å²) in [6.07, 6.45) is 0. The van der Waals surface area contributed by atoms with Crippen molar-refractivity contribution in [1.29, 1.82) is 0 Å². The fourth-order valence-electron chi connectivity index (χ4n) is 1.21. The van der Waals surface area contributed by atoms with Crippen LogP contribution in [0.5, 0.6) is 0 Å². The first-order valence-electron chi connectivity index (χ1n) is 4.60. The molecular formula is C9H8FN5O2. The quantitative estimate of drug-likeness (QED) is 0.819. The Kier molecular flexibility index (Phi) is 2.69. The fraction of sp³-hybridized carbons (Fsp3) is 0.111. The smallest absolute Gasteiger partial charge is 0.335 e. The molecule has 17 heavy (non-hydrogen) atoms. The summed E-state index contributed by atoms with van der Waals surface area (Å²) in [5.74, 6) is -1.62. The van der Waals surface area contributed by atoms with E-state index in [1.54, 1.807) is 7.05 Å². The van der Waals surface area contributed by atoms with Gasteiger partial charge in [0.2, 0.25) is 5.95 Å². The number of carboxylic acids is 1. The summed E-state index contributed by atoms with van der Waals surface area (Å²) >= 11 is 0. The molecule has 0 unspecified atom stereocenters. The van der Waals surface area contributed by atoms with E-state index in [9.17, 15) is 9.18 Å². The number of nitrogens with one attached hydrogen (secondary N) is 1. The van der Waals surface area contributed by atoms with Gasteiger partial charge in [-0.1, -0.05) is 5.10 Å². The summed E-state index contributed by atoms with van der Waals surface area (Å²) in [5.41, 5.74) is -0.0166. The van der Waals surface area contributed by atoms with Gasteiger partial charge in [0.1, 0.15) is 5.82 Å². The second-order valence-electron chi connectivity index (χ2n) is 3.25. The van der Waals surface area contributed by atoms with Crippen LogP contribution >= 0.6 is 0 Å². The second-order valence-corrected chi connectivity index (χ2v) is 3.25. The molecule has 0 atom stereocenters. The Morgan fingerprint density at radius 3 is 2.82 bits per heavy atom. The van der Waals surface area contributed by atoms with Crippen LogP contribution in [0.4, 0.5) is 16.0 Å². The molecule has 0 aliphatic rings. The molecule has 88 valence electrons. The van der Waals surface area contributed by atoms with Crippen LogP contribution in [0.1, 0.15) is 10.4 Å². The number of nitrogens with zero attached hydrogens (tertiary/aromatic N) is 4. The molecular weight excluding hydrogens is 229 g/mol. The van der Waals surface area contributed by atoms with E-state index in [-0.39, 0.29) is 17.2 Å². The molecule has 2 aromatic rings. The van der Waals surface area contributed by atoms with E-state index < -0.39 is 11.8 Å². The van der Waals surface area contributed by atoms with E-state index in [1.165, 1.54) is 16.8 Å². The van der Waals surface area contributed by atoms with Crippen molar-refractivity contribution in [3.05, 3.63) is 29.6 Å². The highest BCUT2D eigenvalue weighted by atomic mass is 19.1. The summed E-state index contributed by atoms with van der Waals surface area (Å²) in [7, 11) is 1.59. The largest absolute Gasteiger partial charge is 0.478 e. The van der Waals surface area contributed by atoms with E-state index in [1.807, 2.05) is 0 Å². The molecule has 8 heteroatoms. The zero-order chi connectivity index (χ0) is 12.4. The Morgan fingerprint density at radius 2 is 2.29 bits per heavy atom. The van der Waals surface area contributed by atoms with Crippen molar-refractivity contribution < 1.29 is 14.3 Å². The molecule has 2 N–H and O–H groups in total. The number of carboxylic acid groups (broad SMARTS) is 1. The summed E-state index contributed by atoms with van der Waals surface area (Å²) < 4.78 is 14.9. The van der Waals surface area contributed by atoms with Crippen LogP contribution in [0.15, 0.2) is 18.2 Å². The lowest BCUT2D eigenvalue weighted by atomic mass is 10.2. The molecule has 1 aromatic heterocycles. The van der Waals surface area contributed by atoms with Crippen molar-refractivity contribution in [2.24, 2.45) is 7.05 Å². The van der Waals surface area contributed by atoms with Gasteiger partial charge in [0.05, 0.1) is 11.3 Å². The Morgan fingerprint density at radius 1 is 1.53 bits per heavy atom. The van der Waals surface area contributed by atoms with E-state index in [0.717, 1.165) is 6.07 Å². The van der Waals surface area contributed by atoms with Crippen molar-refractivity contribution in [3.8, 4) is 0 Å². The van der Waals surface area contributed by atoms with E-state index in [2.05, 4.69) is 20.8 Å². The van der Waals surface area contributed by atoms with Crippen LogP contribution in [0.2, 0.25) is 0 Å². The van der Waals surface area contributed by atoms with Crippen molar-refractivity contribution in [2.75, 3.05) is 5.32 Å². The van der Waals surface area contributed by atoms with Crippen LogP contribution in [-0.2, 0) is 7.05 Å². The lowest BCUT2D eigenvalue weighted by molar-refractivity contribution is 0.0696. The molecule has 0 fully saturated rings. The Balaban J connectivity index is 2.29. The SMILES string of the molecule is Cn1nnnc1Nc1ccc(C(=O)O)cc1F. The summed E-state index contributed by atoms with van der Waals surface area (Å²) in [5, 5.41) is 21.9. The molecule has 7 nitrogen and oxygen atoms in total. The van der Waals surface area contributed by atoms with Crippen molar-refractivity contribution in [3.63, 3.8) is 0 Å². The molecule has 0 aliphatic carbocycles. The van der Waals surface area contributed by atoms with Gasteiger partial charge in [-0.15, -0.1) is 0 Å². The number of hydrogen-bond acceptors (Lipinski definition) is 5. The number of carbonyl (C=O) groups is 1. The van der Waals surface area contributed by atoms with Gasteiger partial charge >= 0.3 is 5.97 Å². The van der Waals surface area contributed by atoms with Crippen LogP contribution in [-0.4, -0.2) is 31.3 Å². The maximum atomic E-state index is 13.5. The molecule has 2 rings (SSSR count). The van der Waals surface area contributed by atoms with Gasteiger partial charge in [-0.2, -0.15) is 0 Å². The minimum absolute atomic E-state index is 0.105. The first-order valence-corrected chi connectivity index (χ1v) is 4.60. The molecule has 0 saturated heterocycles. The highest BCUT2D eigenvalue weighted by Gasteiger charge is 2.10. The normalized spacial score (nSPS) is 10.2. The molecule has 1 heterocycles. The van der Waals surface area contributed by atoms with Gasteiger partial charge in [0.25, 0.3) is 0 Å². The number of aromatic carboxylic acids is 1. The number of aryl methyl sites for hydroxylation is 1. The van der Waals surface area contributed by atoms with E-state index in [4.69, 9.17) is 5.11 Å². The highest BCUT2D eigenvalue weighted by Crippen LogP contribution is 2.18. The summed E-state index contributed by atoms with van der Waals surface area (Å²) in [6, 6.07) is 3.53. The second kappa shape index (κ2) is 4.16. The molecule has 1 aromatic carbocycles. The summed E-state index contributed by atoms with van der Waals surface area (Å²) in [4.78, 5) is 10.6.